The number of carbonyl (C=O) groups is 3. The number of esters is 3. The Hall–Kier alpha value is -1.59. The van der Waals surface area contributed by atoms with Crippen LogP contribution in [0.5, 0.6) is 0 Å². The highest BCUT2D eigenvalue weighted by Crippen LogP contribution is 2.40. The molecule has 2 unspecified atom stereocenters. The van der Waals surface area contributed by atoms with Crippen LogP contribution in [0.15, 0.2) is 0 Å². The maximum absolute atomic E-state index is 13.0. The topological polar surface area (TPSA) is 78.9 Å². The van der Waals surface area contributed by atoms with Crippen LogP contribution in [0.3, 0.4) is 0 Å². The van der Waals surface area contributed by atoms with E-state index >= 15 is 0 Å². The Labute approximate surface area is 188 Å². The molecule has 6 heteroatoms. The van der Waals surface area contributed by atoms with Crippen molar-refractivity contribution < 1.29 is 28.6 Å². The summed E-state index contributed by atoms with van der Waals surface area (Å²) < 4.78 is 16.3. The summed E-state index contributed by atoms with van der Waals surface area (Å²) in [5.74, 6) is -1.48. The first-order valence-corrected chi connectivity index (χ1v) is 11.9. The zero-order valence-electron chi connectivity index (χ0n) is 20.8. The second-order valence-corrected chi connectivity index (χ2v) is 10.3. The van der Waals surface area contributed by atoms with E-state index in [1.54, 1.807) is 20.8 Å². The van der Waals surface area contributed by atoms with Crippen molar-refractivity contribution in [2.75, 3.05) is 13.7 Å². The van der Waals surface area contributed by atoms with Gasteiger partial charge in [-0.3, -0.25) is 14.4 Å². The molecule has 1 rings (SSSR count). The van der Waals surface area contributed by atoms with Crippen LogP contribution in [0.2, 0.25) is 0 Å². The van der Waals surface area contributed by atoms with E-state index in [1.165, 1.54) is 32.8 Å². The molecule has 1 saturated carbocycles. The molecule has 0 heterocycles. The Balaban J connectivity index is 2.91. The van der Waals surface area contributed by atoms with Gasteiger partial charge in [0.25, 0.3) is 0 Å². The lowest BCUT2D eigenvalue weighted by Crippen LogP contribution is -2.46. The molecule has 0 spiro atoms. The number of hydrogen-bond donors (Lipinski definition) is 0. The third-order valence-electron chi connectivity index (χ3n) is 6.93. The summed E-state index contributed by atoms with van der Waals surface area (Å²) >= 11 is 0. The molecule has 0 amide bonds. The Morgan fingerprint density at radius 1 is 1.03 bits per heavy atom. The van der Waals surface area contributed by atoms with Crippen LogP contribution >= 0.6 is 0 Å². The molecule has 0 saturated heterocycles. The Morgan fingerprint density at radius 2 is 1.65 bits per heavy atom. The molecule has 1 aliphatic rings. The SMILES string of the molecule is CCCCOC(=O)C(CC(C)(C)C(C)C(=O)OC)C(C)(C)OC(=O)CCC1CCCC1. The highest BCUT2D eigenvalue weighted by Gasteiger charge is 2.45. The highest BCUT2D eigenvalue weighted by molar-refractivity contribution is 5.76. The van der Waals surface area contributed by atoms with E-state index in [0.29, 0.717) is 25.4 Å². The second kappa shape index (κ2) is 12.4. The Morgan fingerprint density at radius 3 is 2.19 bits per heavy atom. The third kappa shape index (κ3) is 8.82. The van der Waals surface area contributed by atoms with Gasteiger partial charge in [-0.25, -0.2) is 0 Å². The van der Waals surface area contributed by atoms with E-state index in [4.69, 9.17) is 14.2 Å². The fraction of sp³-hybridized carbons (Fsp3) is 0.880. The lowest BCUT2D eigenvalue weighted by atomic mass is 9.70. The minimum absolute atomic E-state index is 0.276. The van der Waals surface area contributed by atoms with E-state index in [1.807, 2.05) is 20.8 Å². The number of carbonyl (C=O) groups excluding carboxylic acids is 3. The second-order valence-electron chi connectivity index (χ2n) is 10.3. The number of ether oxygens (including phenoxy) is 3. The van der Waals surface area contributed by atoms with Gasteiger partial charge in [-0.15, -0.1) is 0 Å². The fourth-order valence-electron chi connectivity index (χ4n) is 4.27. The van der Waals surface area contributed by atoms with Crippen LogP contribution in [0.1, 0.15) is 99.3 Å². The standard InChI is InChI=1S/C25H44O6/c1-8-9-16-30-23(28)20(17-24(3,4)18(2)22(27)29-7)25(5,6)31-21(26)15-14-19-12-10-11-13-19/h18-20H,8-17H2,1-7H3. The van der Waals surface area contributed by atoms with Crippen molar-refractivity contribution in [3.63, 3.8) is 0 Å². The molecule has 1 fully saturated rings. The molecule has 180 valence electrons. The van der Waals surface area contributed by atoms with Crippen molar-refractivity contribution in [3.05, 3.63) is 0 Å². The summed E-state index contributed by atoms with van der Waals surface area (Å²) in [5, 5.41) is 0. The van der Waals surface area contributed by atoms with E-state index in [2.05, 4.69) is 0 Å². The first-order valence-electron chi connectivity index (χ1n) is 11.9. The smallest absolute Gasteiger partial charge is 0.313 e. The van der Waals surface area contributed by atoms with E-state index in [9.17, 15) is 14.4 Å². The normalized spacial score (nSPS) is 17.1. The van der Waals surface area contributed by atoms with Crippen LogP contribution in [0.25, 0.3) is 0 Å². The Kier molecular flexibility index (Phi) is 11.0. The van der Waals surface area contributed by atoms with Crippen LogP contribution in [-0.2, 0) is 28.6 Å². The molecule has 0 bridgehead atoms. The van der Waals surface area contributed by atoms with Gasteiger partial charge in [-0.05, 0) is 44.4 Å². The van der Waals surface area contributed by atoms with Crippen molar-refractivity contribution in [1.29, 1.82) is 0 Å². The van der Waals surface area contributed by atoms with Gasteiger partial charge >= 0.3 is 17.9 Å². The molecule has 0 aromatic heterocycles. The predicted molar refractivity (Wildman–Crippen MR) is 120 cm³/mol. The van der Waals surface area contributed by atoms with Gasteiger partial charge in [0.15, 0.2) is 0 Å². The van der Waals surface area contributed by atoms with Crippen molar-refractivity contribution in [3.8, 4) is 0 Å². The molecule has 0 aliphatic heterocycles. The fourth-order valence-corrected chi connectivity index (χ4v) is 4.27. The van der Waals surface area contributed by atoms with Crippen molar-refractivity contribution in [2.24, 2.45) is 23.2 Å². The van der Waals surface area contributed by atoms with Crippen LogP contribution in [-0.4, -0.2) is 37.2 Å². The first-order chi connectivity index (χ1) is 14.4. The van der Waals surface area contributed by atoms with Gasteiger partial charge in [0.1, 0.15) is 5.60 Å². The van der Waals surface area contributed by atoms with Crippen LogP contribution in [0, 0.1) is 23.2 Å². The summed E-state index contributed by atoms with van der Waals surface area (Å²) in [7, 11) is 1.36. The zero-order chi connectivity index (χ0) is 23.7. The largest absolute Gasteiger partial charge is 0.469 e. The highest BCUT2D eigenvalue weighted by atomic mass is 16.6. The molecule has 0 radical (unpaired) electrons. The van der Waals surface area contributed by atoms with Crippen molar-refractivity contribution in [1.82, 2.24) is 0 Å². The minimum atomic E-state index is -1.04. The molecule has 2 atom stereocenters. The van der Waals surface area contributed by atoms with Gasteiger partial charge in [0, 0.05) is 6.42 Å². The molecular formula is C25H44O6. The quantitative estimate of drug-likeness (QED) is 0.215. The van der Waals surface area contributed by atoms with Gasteiger partial charge in [0.2, 0.25) is 0 Å². The average molecular weight is 441 g/mol. The number of hydrogen-bond acceptors (Lipinski definition) is 6. The predicted octanol–water partition coefficient (Wildman–Crippen LogP) is 5.46. The number of rotatable bonds is 13. The van der Waals surface area contributed by atoms with Gasteiger partial charge in [0.05, 0.1) is 25.6 Å². The summed E-state index contributed by atoms with van der Waals surface area (Å²) in [5.41, 5.74) is -1.59. The summed E-state index contributed by atoms with van der Waals surface area (Å²) in [6.07, 6.45) is 8.10. The first kappa shape index (κ1) is 27.4. The van der Waals surface area contributed by atoms with E-state index in [0.717, 1.165) is 19.3 Å². The third-order valence-corrected chi connectivity index (χ3v) is 6.93. The lowest BCUT2D eigenvalue weighted by molar-refractivity contribution is -0.176. The van der Waals surface area contributed by atoms with Gasteiger partial charge < -0.3 is 14.2 Å². The van der Waals surface area contributed by atoms with Crippen LogP contribution in [0.4, 0.5) is 0 Å². The maximum atomic E-state index is 13.0. The van der Waals surface area contributed by atoms with Gasteiger partial charge in [-0.1, -0.05) is 59.8 Å². The summed E-state index contributed by atoms with van der Waals surface area (Å²) in [6, 6.07) is 0. The maximum Gasteiger partial charge on any atom is 0.313 e. The van der Waals surface area contributed by atoms with E-state index < -0.39 is 22.9 Å². The van der Waals surface area contributed by atoms with E-state index in [-0.39, 0.29) is 17.9 Å². The molecule has 0 aromatic rings. The lowest BCUT2D eigenvalue weighted by Gasteiger charge is -2.39. The molecule has 0 N–H and O–H groups in total. The summed E-state index contributed by atoms with van der Waals surface area (Å²) in [4.78, 5) is 37.8. The molecule has 1 aliphatic carbocycles. The van der Waals surface area contributed by atoms with Crippen molar-refractivity contribution >= 4 is 17.9 Å². The minimum Gasteiger partial charge on any atom is -0.469 e. The zero-order valence-corrected chi connectivity index (χ0v) is 20.8. The summed E-state index contributed by atoms with van der Waals surface area (Å²) in [6.45, 7) is 11.6. The Bertz CT molecular complexity index is 589. The molecule has 6 nitrogen and oxygen atoms in total. The van der Waals surface area contributed by atoms with Crippen LogP contribution < -0.4 is 0 Å². The average Bonchev–Trinajstić information content (AvgIpc) is 3.22. The number of methoxy groups -OCH3 is 1. The van der Waals surface area contributed by atoms with Crippen molar-refractivity contribution in [2.45, 2.75) is 105 Å². The molecular weight excluding hydrogens is 396 g/mol. The van der Waals surface area contributed by atoms with Gasteiger partial charge in [-0.2, -0.15) is 0 Å². The molecule has 0 aromatic carbocycles. The molecule has 31 heavy (non-hydrogen) atoms. The number of unbranched alkanes of at least 4 members (excludes halogenated alkanes) is 1. The monoisotopic (exact) mass is 440 g/mol.